The lowest BCUT2D eigenvalue weighted by Gasteiger charge is -2.29. The first-order valence-corrected chi connectivity index (χ1v) is 9.11. The van der Waals surface area contributed by atoms with Gasteiger partial charge in [0.05, 0.1) is 0 Å². The second-order valence-electron chi connectivity index (χ2n) is 6.58. The molecule has 1 fully saturated rings. The van der Waals surface area contributed by atoms with Gasteiger partial charge in [0.15, 0.2) is 5.76 Å². The van der Waals surface area contributed by atoms with Gasteiger partial charge in [-0.1, -0.05) is 18.2 Å². The van der Waals surface area contributed by atoms with Crippen molar-refractivity contribution >= 4 is 11.8 Å². The number of benzene rings is 1. The van der Waals surface area contributed by atoms with Gasteiger partial charge in [0.1, 0.15) is 11.8 Å². The summed E-state index contributed by atoms with van der Waals surface area (Å²) in [5.41, 5.74) is 7.51. The topological polar surface area (TPSA) is 107 Å². The summed E-state index contributed by atoms with van der Waals surface area (Å²) in [5.74, 6) is 0.175. The van der Waals surface area contributed by atoms with Gasteiger partial charge in [0.2, 0.25) is 5.91 Å². The van der Waals surface area contributed by atoms with Crippen molar-refractivity contribution in [2.75, 3.05) is 20.3 Å². The Morgan fingerprint density at radius 1 is 1.22 bits per heavy atom. The number of carbonyl (C=O) groups excluding carboxylic acids is 2. The number of likely N-dealkylation sites (N-methyl/N-ethyl adjacent to an activating group) is 1. The molecular formula is C20H25N3O4. The molecule has 27 heavy (non-hydrogen) atoms. The zero-order chi connectivity index (χ0) is 19.2. The summed E-state index contributed by atoms with van der Waals surface area (Å²) in [6, 6.07) is 10.4. The molecule has 0 aliphatic carbocycles. The second-order valence-corrected chi connectivity index (χ2v) is 6.58. The number of nitrogens with one attached hydrogen (secondary N) is 2. The number of nitrogens with two attached hydrogens (primary N) is 1. The van der Waals surface area contributed by atoms with Crippen LogP contribution in [0.3, 0.4) is 0 Å². The van der Waals surface area contributed by atoms with Crippen molar-refractivity contribution in [1.29, 1.82) is 0 Å². The lowest BCUT2D eigenvalue weighted by molar-refractivity contribution is -0.124. The summed E-state index contributed by atoms with van der Waals surface area (Å²) in [6.45, 7) is 1.62. The Hall–Kier alpha value is -2.64. The lowest BCUT2D eigenvalue weighted by atomic mass is 9.91. The normalized spacial score (nSPS) is 15.9. The molecule has 1 aliphatic rings. The van der Waals surface area contributed by atoms with E-state index in [1.165, 1.54) is 0 Å². The van der Waals surface area contributed by atoms with Crippen LogP contribution in [0.4, 0.5) is 0 Å². The molecule has 0 bridgehead atoms. The van der Waals surface area contributed by atoms with Gasteiger partial charge in [-0.15, -0.1) is 0 Å². The summed E-state index contributed by atoms with van der Waals surface area (Å²) >= 11 is 0. The van der Waals surface area contributed by atoms with Gasteiger partial charge in [-0.25, -0.2) is 0 Å². The highest BCUT2D eigenvalue weighted by Gasteiger charge is 2.31. The smallest absolute Gasteiger partial charge is 0.287 e. The molecule has 0 radical (unpaired) electrons. The Bertz CT molecular complexity index is 796. The molecular weight excluding hydrogens is 346 g/mol. The van der Waals surface area contributed by atoms with E-state index in [-0.39, 0.29) is 17.6 Å². The number of hydrogen-bond acceptors (Lipinski definition) is 5. The van der Waals surface area contributed by atoms with Crippen LogP contribution in [0, 0.1) is 5.92 Å². The van der Waals surface area contributed by atoms with E-state index in [4.69, 9.17) is 14.9 Å². The van der Waals surface area contributed by atoms with Crippen molar-refractivity contribution < 1.29 is 18.7 Å². The van der Waals surface area contributed by atoms with Gasteiger partial charge in [-0.05, 0) is 42.5 Å². The van der Waals surface area contributed by atoms with Crippen LogP contribution in [-0.4, -0.2) is 38.1 Å². The van der Waals surface area contributed by atoms with Crippen molar-refractivity contribution in [3.63, 3.8) is 0 Å². The first-order chi connectivity index (χ1) is 13.1. The maximum Gasteiger partial charge on any atom is 0.287 e. The minimum Gasteiger partial charge on any atom is -0.451 e. The molecule has 7 nitrogen and oxygen atoms in total. The Labute approximate surface area is 158 Å². The predicted molar refractivity (Wildman–Crippen MR) is 101 cm³/mol. The molecule has 1 aromatic carbocycles. The van der Waals surface area contributed by atoms with E-state index in [2.05, 4.69) is 10.6 Å². The van der Waals surface area contributed by atoms with Crippen molar-refractivity contribution in [3.05, 3.63) is 47.7 Å². The fourth-order valence-electron chi connectivity index (χ4n) is 3.28. The highest BCUT2D eigenvalue weighted by atomic mass is 16.5. The van der Waals surface area contributed by atoms with E-state index >= 15 is 0 Å². The largest absolute Gasteiger partial charge is 0.451 e. The zero-order valence-electron chi connectivity index (χ0n) is 15.4. The molecule has 0 saturated carbocycles. The number of amides is 2. The molecule has 3 rings (SSSR count). The van der Waals surface area contributed by atoms with Crippen LogP contribution in [-0.2, 0) is 16.1 Å². The van der Waals surface area contributed by atoms with E-state index in [0.717, 1.165) is 24.0 Å². The van der Waals surface area contributed by atoms with E-state index in [1.54, 1.807) is 19.2 Å². The zero-order valence-corrected chi connectivity index (χ0v) is 15.4. The third-order valence-corrected chi connectivity index (χ3v) is 4.83. The molecule has 0 unspecified atom stereocenters. The molecule has 4 N–H and O–H groups in total. The van der Waals surface area contributed by atoms with Crippen molar-refractivity contribution in [1.82, 2.24) is 10.6 Å². The number of rotatable bonds is 6. The van der Waals surface area contributed by atoms with Gasteiger partial charge < -0.3 is 25.5 Å². The molecule has 1 aromatic heterocycles. The second kappa shape index (κ2) is 8.83. The Kier molecular flexibility index (Phi) is 6.26. The van der Waals surface area contributed by atoms with E-state index in [1.807, 2.05) is 24.3 Å². The quantitative estimate of drug-likeness (QED) is 0.716. The Morgan fingerprint density at radius 2 is 2.00 bits per heavy atom. The van der Waals surface area contributed by atoms with Crippen LogP contribution >= 0.6 is 0 Å². The van der Waals surface area contributed by atoms with Crippen molar-refractivity contribution in [2.45, 2.75) is 25.4 Å². The van der Waals surface area contributed by atoms with Gasteiger partial charge in [-0.2, -0.15) is 0 Å². The molecule has 144 valence electrons. The highest BCUT2D eigenvalue weighted by Crippen LogP contribution is 2.24. The number of furan rings is 1. The molecule has 0 spiro atoms. The molecule has 1 saturated heterocycles. The molecule has 2 amide bonds. The van der Waals surface area contributed by atoms with Crippen molar-refractivity contribution in [3.8, 4) is 11.3 Å². The van der Waals surface area contributed by atoms with Crippen LogP contribution < -0.4 is 16.4 Å². The average Bonchev–Trinajstić information content (AvgIpc) is 3.22. The maximum absolute atomic E-state index is 12.6. The van der Waals surface area contributed by atoms with E-state index in [0.29, 0.717) is 25.5 Å². The van der Waals surface area contributed by atoms with Crippen LogP contribution in [0.15, 0.2) is 40.8 Å². The first-order valence-electron chi connectivity index (χ1n) is 9.11. The van der Waals surface area contributed by atoms with Crippen LogP contribution in [0.5, 0.6) is 0 Å². The highest BCUT2D eigenvalue weighted by molar-refractivity contribution is 5.96. The van der Waals surface area contributed by atoms with Gasteiger partial charge in [-0.3, -0.25) is 9.59 Å². The van der Waals surface area contributed by atoms with Gasteiger partial charge >= 0.3 is 0 Å². The summed E-state index contributed by atoms with van der Waals surface area (Å²) in [7, 11) is 1.57. The summed E-state index contributed by atoms with van der Waals surface area (Å²) in [4.78, 5) is 24.9. The lowest BCUT2D eigenvalue weighted by Crippen LogP contribution is -2.51. The summed E-state index contributed by atoms with van der Waals surface area (Å²) in [5, 5.41) is 5.45. The van der Waals surface area contributed by atoms with Crippen LogP contribution in [0.25, 0.3) is 11.3 Å². The van der Waals surface area contributed by atoms with E-state index in [9.17, 15) is 9.59 Å². The Balaban J connectivity index is 1.74. The third kappa shape index (κ3) is 4.56. The molecule has 2 heterocycles. The standard InChI is InChI=1S/C20H25N3O4/c1-22-20(25)18(14-7-9-26-10-8-14)23-19(24)17-6-5-16(27-17)15-4-2-3-13(11-15)12-21/h2-6,11,14,18H,7-10,12,21H2,1H3,(H,22,25)(H,23,24)/t18-/m0/s1. The molecule has 7 heteroatoms. The minimum atomic E-state index is -0.611. The SMILES string of the molecule is CNC(=O)[C@@H](NC(=O)c1ccc(-c2cccc(CN)c2)o1)C1CCOCC1. The fraction of sp³-hybridized carbons (Fsp3) is 0.400. The summed E-state index contributed by atoms with van der Waals surface area (Å²) in [6.07, 6.45) is 1.46. The van der Waals surface area contributed by atoms with Gasteiger partial charge in [0, 0.05) is 32.4 Å². The van der Waals surface area contributed by atoms with E-state index < -0.39 is 11.9 Å². The summed E-state index contributed by atoms with van der Waals surface area (Å²) < 4.78 is 11.1. The fourth-order valence-corrected chi connectivity index (χ4v) is 3.28. The van der Waals surface area contributed by atoms with Crippen molar-refractivity contribution in [2.24, 2.45) is 11.7 Å². The molecule has 2 aromatic rings. The number of ether oxygens (including phenoxy) is 1. The average molecular weight is 371 g/mol. The predicted octanol–water partition coefficient (Wildman–Crippen LogP) is 1.68. The monoisotopic (exact) mass is 371 g/mol. The number of hydrogen-bond donors (Lipinski definition) is 3. The number of carbonyl (C=O) groups is 2. The Morgan fingerprint density at radius 3 is 2.70 bits per heavy atom. The minimum absolute atomic E-state index is 0.0401. The van der Waals surface area contributed by atoms with Crippen LogP contribution in [0.1, 0.15) is 29.0 Å². The molecule has 1 aliphatic heterocycles. The first kappa shape index (κ1) is 19.1. The third-order valence-electron chi connectivity index (χ3n) is 4.83. The molecule has 1 atom stereocenters. The van der Waals surface area contributed by atoms with Crippen LogP contribution in [0.2, 0.25) is 0 Å². The maximum atomic E-state index is 12.6. The van der Waals surface area contributed by atoms with Gasteiger partial charge in [0.25, 0.3) is 5.91 Å².